The number of rotatable bonds is 5. The minimum atomic E-state index is -0.570. The molecule has 3 amide bonds. The Balaban J connectivity index is 1.39. The molecule has 4 N–H and O–H groups in total. The molecule has 10 nitrogen and oxygen atoms in total. The van der Waals surface area contributed by atoms with Crippen LogP contribution in [-0.2, 0) is 14.4 Å². The Morgan fingerprint density at radius 1 is 0.968 bits per heavy atom. The Morgan fingerprint density at radius 2 is 1.71 bits per heavy atom. The van der Waals surface area contributed by atoms with Gasteiger partial charge in [-0.2, -0.15) is 0 Å². The average molecular weight is 421 g/mol. The number of amides is 3. The molecule has 0 unspecified atom stereocenters. The summed E-state index contributed by atoms with van der Waals surface area (Å²) in [6.07, 6.45) is 0.0593. The Hall–Kier alpha value is -4.21. The smallest absolute Gasteiger partial charge is 0.272 e. The number of H-pyrrole nitrogens is 2. The molecule has 1 aromatic heterocycles. The average Bonchev–Trinajstić information content (AvgIpc) is 3.17. The van der Waals surface area contributed by atoms with Crippen LogP contribution >= 0.6 is 0 Å². The lowest BCUT2D eigenvalue weighted by Crippen LogP contribution is -2.38. The molecule has 31 heavy (non-hydrogen) atoms. The maximum absolute atomic E-state index is 12.5. The third-order valence-corrected chi connectivity index (χ3v) is 5.09. The lowest BCUT2D eigenvalue weighted by molar-refractivity contribution is -0.127. The van der Waals surface area contributed by atoms with E-state index in [1.807, 2.05) is 18.2 Å². The van der Waals surface area contributed by atoms with Crippen LogP contribution in [0.25, 0.3) is 10.8 Å². The highest BCUT2D eigenvalue weighted by atomic mass is 16.2. The van der Waals surface area contributed by atoms with Crippen LogP contribution in [0.15, 0.2) is 58.1 Å². The van der Waals surface area contributed by atoms with E-state index in [0.717, 1.165) is 5.69 Å². The van der Waals surface area contributed by atoms with Crippen LogP contribution in [0.5, 0.6) is 0 Å². The van der Waals surface area contributed by atoms with Gasteiger partial charge in [0.2, 0.25) is 17.7 Å². The Bertz CT molecular complexity index is 1280. The molecule has 3 aromatic rings. The number of aromatic amines is 2. The van der Waals surface area contributed by atoms with Crippen molar-refractivity contribution in [3.05, 3.63) is 69.2 Å². The SMILES string of the molecule is O=C(CNC(=O)[C@H]1CC(=O)N(c2ccccc2)C1)Nc1cccc2c(=O)[nH][nH]c(=O)c12. The lowest BCUT2D eigenvalue weighted by Gasteiger charge is -2.16. The highest BCUT2D eigenvalue weighted by molar-refractivity contribution is 6.04. The molecule has 0 aliphatic carbocycles. The highest BCUT2D eigenvalue weighted by Crippen LogP contribution is 2.24. The number of hydrogen-bond acceptors (Lipinski definition) is 5. The molecule has 0 bridgehead atoms. The second-order valence-electron chi connectivity index (χ2n) is 7.14. The second-order valence-corrected chi connectivity index (χ2v) is 7.14. The van der Waals surface area contributed by atoms with Gasteiger partial charge in [0.05, 0.1) is 28.9 Å². The normalized spacial score (nSPS) is 15.8. The van der Waals surface area contributed by atoms with Gasteiger partial charge in [0.15, 0.2) is 0 Å². The number of anilines is 2. The first kappa shape index (κ1) is 20.1. The zero-order valence-electron chi connectivity index (χ0n) is 16.3. The molecule has 4 rings (SSSR count). The topological polar surface area (TPSA) is 144 Å². The number of benzene rings is 2. The van der Waals surface area contributed by atoms with Crippen molar-refractivity contribution < 1.29 is 14.4 Å². The molecular formula is C21H19N5O5. The second kappa shape index (κ2) is 8.27. The number of aromatic nitrogens is 2. The van der Waals surface area contributed by atoms with Gasteiger partial charge in [-0.3, -0.25) is 34.2 Å². The maximum Gasteiger partial charge on any atom is 0.272 e. The molecule has 1 saturated heterocycles. The summed E-state index contributed by atoms with van der Waals surface area (Å²) in [5.74, 6) is -1.70. The van der Waals surface area contributed by atoms with Gasteiger partial charge in [0.25, 0.3) is 11.1 Å². The van der Waals surface area contributed by atoms with Crippen LogP contribution in [0, 0.1) is 5.92 Å². The van der Waals surface area contributed by atoms with Crippen molar-refractivity contribution in [2.45, 2.75) is 6.42 Å². The van der Waals surface area contributed by atoms with E-state index in [1.165, 1.54) is 18.2 Å². The number of carbonyl (C=O) groups excluding carboxylic acids is 3. The van der Waals surface area contributed by atoms with Crippen molar-refractivity contribution >= 4 is 39.9 Å². The Kier molecular flexibility index (Phi) is 5.35. The molecule has 1 aliphatic heterocycles. The van der Waals surface area contributed by atoms with Gasteiger partial charge in [-0.15, -0.1) is 0 Å². The Morgan fingerprint density at radius 3 is 2.48 bits per heavy atom. The quantitative estimate of drug-likeness (QED) is 0.469. The fraction of sp³-hybridized carbons (Fsp3) is 0.190. The lowest BCUT2D eigenvalue weighted by atomic mass is 10.1. The summed E-state index contributed by atoms with van der Waals surface area (Å²) < 4.78 is 0. The first-order chi connectivity index (χ1) is 14.9. The van der Waals surface area contributed by atoms with Crippen molar-refractivity contribution in [2.75, 3.05) is 23.3 Å². The summed E-state index contributed by atoms with van der Waals surface area (Å²) in [7, 11) is 0. The predicted octanol–water partition coefficient (Wildman–Crippen LogP) is 0.324. The van der Waals surface area contributed by atoms with E-state index in [-0.39, 0.29) is 41.9 Å². The zero-order chi connectivity index (χ0) is 22.0. The van der Waals surface area contributed by atoms with Gasteiger partial charge in [-0.05, 0) is 24.3 Å². The summed E-state index contributed by atoms with van der Waals surface area (Å²) >= 11 is 0. The Labute approximate surface area is 175 Å². The number of carbonyl (C=O) groups is 3. The van der Waals surface area contributed by atoms with E-state index in [4.69, 9.17) is 0 Å². The minimum Gasteiger partial charge on any atom is -0.347 e. The van der Waals surface area contributed by atoms with E-state index >= 15 is 0 Å². The standard InChI is InChI=1S/C21H19N5O5/c27-16(23-15-8-4-7-14-18(15)21(31)25-24-20(14)30)10-22-19(29)12-9-17(28)26(11-12)13-5-2-1-3-6-13/h1-8,12H,9-11H2,(H,22,29)(H,23,27)(H,24,30)(H,25,31)/t12-/m0/s1. The molecule has 158 valence electrons. The molecule has 2 aromatic carbocycles. The molecular weight excluding hydrogens is 402 g/mol. The number of para-hydroxylation sites is 1. The van der Waals surface area contributed by atoms with Gasteiger partial charge in [0, 0.05) is 18.7 Å². The van der Waals surface area contributed by atoms with Crippen molar-refractivity contribution in [3.63, 3.8) is 0 Å². The summed E-state index contributed by atoms with van der Waals surface area (Å²) in [5, 5.41) is 9.68. The number of hydrogen-bond donors (Lipinski definition) is 4. The number of nitrogens with zero attached hydrogens (tertiary/aromatic N) is 1. The number of nitrogens with one attached hydrogen (secondary N) is 4. The van der Waals surface area contributed by atoms with Crippen LogP contribution in [0.3, 0.4) is 0 Å². The van der Waals surface area contributed by atoms with Gasteiger partial charge < -0.3 is 15.5 Å². The van der Waals surface area contributed by atoms with Crippen molar-refractivity contribution in [2.24, 2.45) is 5.92 Å². The van der Waals surface area contributed by atoms with Crippen LogP contribution in [0.1, 0.15) is 6.42 Å². The van der Waals surface area contributed by atoms with Crippen LogP contribution in [0.2, 0.25) is 0 Å². The molecule has 0 spiro atoms. The van der Waals surface area contributed by atoms with Gasteiger partial charge in [0.1, 0.15) is 0 Å². The van der Waals surface area contributed by atoms with Crippen molar-refractivity contribution in [1.82, 2.24) is 15.5 Å². The largest absolute Gasteiger partial charge is 0.347 e. The van der Waals surface area contributed by atoms with E-state index in [1.54, 1.807) is 17.0 Å². The van der Waals surface area contributed by atoms with Crippen LogP contribution in [-0.4, -0.2) is 41.0 Å². The molecule has 0 radical (unpaired) electrons. The van der Waals surface area contributed by atoms with Crippen molar-refractivity contribution in [1.29, 1.82) is 0 Å². The molecule has 2 heterocycles. The fourth-order valence-corrected chi connectivity index (χ4v) is 3.58. The highest BCUT2D eigenvalue weighted by Gasteiger charge is 2.35. The molecule has 1 aliphatic rings. The van der Waals surface area contributed by atoms with E-state index in [0.29, 0.717) is 0 Å². The maximum atomic E-state index is 12.5. The van der Waals surface area contributed by atoms with Crippen LogP contribution < -0.4 is 26.7 Å². The third-order valence-electron chi connectivity index (χ3n) is 5.09. The third kappa shape index (κ3) is 4.08. The van der Waals surface area contributed by atoms with Gasteiger partial charge in [-0.1, -0.05) is 24.3 Å². The van der Waals surface area contributed by atoms with Gasteiger partial charge in [-0.25, -0.2) is 0 Å². The first-order valence-corrected chi connectivity index (χ1v) is 9.60. The monoisotopic (exact) mass is 421 g/mol. The van der Waals surface area contributed by atoms with E-state index in [2.05, 4.69) is 20.8 Å². The molecule has 1 atom stereocenters. The minimum absolute atomic E-state index is 0.0471. The molecule has 1 fully saturated rings. The van der Waals surface area contributed by atoms with E-state index in [9.17, 15) is 24.0 Å². The van der Waals surface area contributed by atoms with Gasteiger partial charge >= 0.3 is 0 Å². The summed E-state index contributed by atoms with van der Waals surface area (Å²) in [5.41, 5.74) is -0.167. The summed E-state index contributed by atoms with van der Waals surface area (Å²) in [4.78, 5) is 62.5. The predicted molar refractivity (Wildman–Crippen MR) is 114 cm³/mol. The molecule has 0 saturated carbocycles. The number of fused-ring (bicyclic) bond motifs is 1. The first-order valence-electron chi connectivity index (χ1n) is 9.60. The van der Waals surface area contributed by atoms with Crippen molar-refractivity contribution in [3.8, 4) is 0 Å². The fourth-order valence-electron chi connectivity index (χ4n) is 3.58. The van der Waals surface area contributed by atoms with Crippen LogP contribution in [0.4, 0.5) is 11.4 Å². The summed E-state index contributed by atoms with van der Waals surface area (Å²) in [6, 6.07) is 13.5. The zero-order valence-corrected chi connectivity index (χ0v) is 16.3. The van der Waals surface area contributed by atoms with E-state index < -0.39 is 28.9 Å². The summed E-state index contributed by atoms with van der Waals surface area (Å²) in [6.45, 7) is -0.107. The molecule has 10 heteroatoms.